The van der Waals surface area contributed by atoms with Crippen LogP contribution in [0.25, 0.3) is 33.2 Å². The Bertz CT molecular complexity index is 1920. The summed E-state index contributed by atoms with van der Waals surface area (Å²) in [5.74, 6) is 1.18. The first-order valence-electron chi connectivity index (χ1n) is 13.3. The molecule has 7 nitrogen and oxygen atoms in total. The fourth-order valence-electron chi connectivity index (χ4n) is 5.24. The van der Waals surface area contributed by atoms with Gasteiger partial charge in [0.15, 0.2) is 0 Å². The molecule has 1 atom stereocenters. The summed E-state index contributed by atoms with van der Waals surface area (Å²) in [4.78, 5) is 16.0. The normalized spacial score (nSPS) is 18.9. The SMILES string of the molecule is CC1=CC=CCC1(C)S(=O)(=O)n1ccc2c(-c3cc(-c4cccc(C#N)c4)ccc3OCC3CC3)c[nH]c(=O)c21. The van der Waals surface area contributed by atoms with E-state index in [0.29, 0.717) is 46.8 Å². The van der Waals surface area contributed by atoms with Crippen LogP contribution in [0.1, 0.15) is 38.7 Å². The van der Waals surface area contributed by atoms with E-state index in [1.807, 2.05) is 48.6 Å². The largest absolute Gasteiger partial charge is 0.493 e. The average molecular weight is 552 g/mol. The van der Waals surface area contributed by atoms with Crippen molar-refractivity contribution < 1.29 is 13.2 Å². The highest BCUT2D eigenvalue weighted by Gasteiger charge is 2.43. The van der Waals surface area contributed by atoms with Crippen LogP contribution in [0, 0.1) is 17.2 Å². The lowest BCUT2D eigenvalue weighted by Gasteiger charge is -2.31. The second-order valence-electron chi connectivity index (χ2n) is 10.8. The molecule has 0 spiro atoms. The number of hydrogen-bond donors (Lipinski definition) is 1. The highest BCUT2D eigenvalue weighted by Crippen LogP contribution is 2.41. The molecule has 2 aliphatic rings. The first kappa shape index (κ1) is 25.9. The Morgan fingerprint density at radius 1 is 1.12 bits per heavy atom. The number of nitrogens with zero attached hydrogens (tertiary/aromatic N) is 2. The van der Waals surface area contributed by atoms with E-state index in [-0.39, 0.29) is 5.52 Å². The molecule has 1 N–H and O–H groups in total. The molecule has 0 aliphatic heterocycles. The van der Waals surface area contributed by atoms with E-state index in [1.54, 1.807) is 38.3 Å². The predicted molar refractivity (Wildman–Crippen MR) is 157 cm³/mol. The molecule has 6 rings (SSSR count). The van der Waals surface area contributed by atoms with Crippen molar-refractivity contribution in [3.05, 3.63) is 101 Å². The number of nitriles is 1. The number of H-pyrrole nitrogens is 1. The number of fused-ring (bicyclic) bond motifs is 1. The van der Waals surface area contributed by atoms with E-state index in [4.69, 9.17) is 4.74 Å². The maximum Gasteiger partial charge on any atom is 0.273 e. The van der Waals surface area contributed by atoms with Crippen molar-refractivity contribution in [2.75, 3.05) is 6.61 Å². The molecule has 0 bridgehead atoms. The second-order valence-corrected chi connectivity index (χ2v) is 13.0. The van der Waals surface area contributed by atoms with E-state index in [0.717, 1.165) is 33.5 Å². The van der Waals surface area contributed by atoms with Gasteiger partial charge in [-0.2, -0.15) is 5.26 Å². The summed E-state index contributed by atoms with van der Waals surface area (Å²) in [6.45, 7) is 4.10. The Hall–Kier alpha value is -4.35. The molecule has 2 aromatic carbocycles. The number of hydrogen-bond acceptors (Lipinski definition) is 5. The summed E-state index contributed by atoms with van der Waals surface area (Å²) in [6, 6.07) is 17.0. The van der Waals surface area contributed by atoms with E-state index in [2.05, 4.69) is 11.1 Å². The molecule has 2 aromatic heterocycles. The molecule has 40 heavy (non-hydrogen) atoms. The van der Waals surface area contributed by atoms with Gasteiger partial charge in [-0.1, -0.05) is 42.0 Å². The minimum atomic E-state index is -3.98. The molecule has 0 radical (unpaired) electrons. The highest BCUT2D eigenvalue weighted by atomic mass is 32.2. The molecule has 0 saturated heterocycles. The van der Waals surface area contributed by atoms with Crippen molar-refractivity contribution in [1.29, 1.82) is 5.26 Å². The molecule has 1 saturated carbocycles. The summed E-state index contributed by atoms with van der Waals surface area (Å²) < 4.78 is 34.3. The number of aromatic nitrogens is 2. The van der Waals surface area contributed by atoms with Gasteiger partial charge in [0.05, 0.1) is 18.2 Å². The van der Waals surface area contributed by atoms with Crippen molar-refractivity contribution >= 4 is 20.9 Å². The van der Waals surface area contributed by atoms with Gasteiger partial charge in [0.25, 0.3) is 5.56 Å². The summed E-state index contributed by atoms with van der Waals surface area (Å²) in [7, 11) is -3.98. The molecule has 1 unspecified atom stereocenters. The zero-order valence-electron chi connectivity index (χ0n) is 22.3. The van der Waals surface area contributed by atoms with E-state index in [9.17, 15) is 18.5 Å². The van der Waals surface area contributed by atoms with E-state index in [1.165, 1.54) is 6.20 Å². The fraction of sp³-hybridized carbons (Fsp3) is 0.250. The predicted octanol–water partition coefficient (Wildman–Crippen LogP) is 6.17. The van der Waals surface area contributed by atoms with Crippen molar-refractivity contribution in [3.63, 3.8) is 0 Å². The van der Waals surface area contributed by atoms with Crippen molar-refractivity contribution in [3.8, 4) is 34.1 Å². The van der Waals surface area contributed by atoms with Gasteiger partial charge in [0, 0.05) is 28.9 Å². The van der Waals surface area contributed by atoms with Gasteiger partial charge >= 0.3 is 0 Å². The van der Waals surface area contributed by atoms with E-state index >= 15 is 0 Å². The van der Waals surface area contributed by atoms with Crippen LogP contribution in [0.5, 0.6) is 5.75 Å². The lowest BCUT2D eigenvalue weighted by Crippen LogP contribution is -2.41. The molecule has 8 heteroatoms. The minimum Gasteiger partial charge on any atom is -0.493 e. The molecule has 2 aliphatic carbocycles. The van der Waals surface area contributed by atoms with Gasteiger partial charge in [-0.25, -0.2) is 12.4 Å². The maximum absolute atomic E-state index is 14.0. The van der Waals surface area contributed by atoms with Crippen LogP contribution in [0.4, 0.5) is 0 Å². The van der Waals surface area contributed by atoms with Gasteiger partial charge in [0.1, 0.15) is 16.0 Å². The Kier molecular flexibility index (Phi) is 6.27. The molecule has 4 aromatic rings. The number of aromatic amines is 1. The van der Waals surface area contributed by atoms with Gasteiger partial charge in [-0.15, -0.1) is 0 Å². The number of pyridine rings is 1. The highest BCUT2D eigenvalue weighted by molar-refractivity contribution is 7.91. The summed E-state index contributed by atoms with van der Waals surface area (Å²) in [5, 5.41) is 9.91. The average Bonchev–Trinajstić information content (AvgIpc) is 3.68. The van der Waals surface area contributed by atoms with Crippen molar-refractivity contribution in [2.45, 2.75) is 37.9 Å². The Morgan fingerprint density at radius 2 is 1.93 bits per heavy atom. The van der Waals surface area contributed by atoms with Crippen LogP contribution in [-0.4, -0.2) is 28.7 Å². The number of benzene rings is 2. The van der Waals surface area contributed by atoms with E-state index < -0.39 is 20.3 Å². The summed E-state index contributed by atoms with van der Waals surface area (Å²) in [5.41, 5.74) is 4.00. The van der Waals surface area contributed by atoms with Crippen LogP contribution in [-0.2, 0) is 10.0 Å². The zero-order valence-corrected chi connectivity index (χ0v) is 23.2. The lowest BCUT2D eigenvalue weighted by atomic mass is 9.94. The molecular weight excluding hydrogens is 522 g/mol. The zero-order chi connectivity index (χ0) is 28.1. The maximum atomic E-state index is 14.0. The van der Waals surface area contributed by atoms with Crippen LogP contribution >= 0.6 is 0 Å². The standard InChI is InChI=1S/C32H29N3O4S/c1-21-6-3-4-14-32(21,2)40(37,38)35-15-13-26-28(19-34-31(36)30(26)35)27-17-25(24-8-5-7-23(16-24)18-33)11-12-29(27)39-20-22-9-10-22/h3-8,11-13,15-17,19,22H,9-10,14,20H2,1-2H3,(H,34,36). The molecular formula is C32H29N3O4S. The van der Waals surface area contributed by atoms with Crippen molar-refractivity contribution in [2.24, 2.45) is 5.92 Å². The Balaban J connectivity index is 1.53. The van der Waals surface area contributed by atoms with Crippen molar-refractivity contribution in [1.82, 2.24) is 8.96 Å². The van der Waals surface area contributed by atoms with Gasteiger partial charge < -0.3 is 9.72 Å². The number of allylic oxidation sites excluding steroid dienone is 3. The lowest BCUT2D eigenvalue weighted by molar-refractivity contribution is 0.301. The summed E-state index contributed by atoms with van der Waals surface area (Å²) >= 11 is 0. The third-order valence-electron chi connectivity index (χ3n) is 8.12. The Labute approximate surface area is 233 Å². The third-order valence-corrected chi connectivity index (χ3v) is 10.6. The second kappa shape index (κ2) is 9.68. The molecule has 2 heterocycles. The molecule has 1 fully saturated rings. The quantitative estimate of drug-likeness (QED) is 0.296. The van der Waals surface area contributed by atoms with Gasteiger partial charge in [-0.3, -0.25) is 4.79 Å². The number of nitrogens with one attached hydrogen (secondary N) is 1. The van der Waals surface area contributed by atoms with Crippen LogP contribution in [0.15, 0.2) is 89.5 Å². The first-order valence-corrected chi connectivity index (χ1v) is 14.8. The summed E-state index contributed by atoms with van der Waals surface area (Å²) in [6.07, 6.45) is 11.2. The third kappa shape index (κ3) is 4.27. The smallest absolute Gasteiger partial charge is 0.273 e. The van der Waals surface area contributed by atoms with Crippen LogP contribution in [0.2, 0.25) is 0 Å². The van der Waals surface area contributed by atoms with Gasteiger partial charge in [0.2, 0.25) is 10.0 Å². The number of ether oxygens (including phenoxy) is 1. The monoisotopic (exact) mass is 551 g/mol. The minimum absolute atomic E-state index is 0.0751. The topological polar surface area (TPSA) is 105 Å². The molecule has 202 valence electrons. The first-order chi connectivity index (χ1) is 19.2. The van der Waals surface area contributed by atoms with Crippen LogP contribution in [0.3, 0.4) is 0 Å². The fourth-order valence-corrected chi connectivity index (χ4v) is 7.09. The van der Waals surface area contributed by atoms with Crippen LogP contribution < -0.4 is 10.3 Å². The molecule has 0 amide bonds. The number of rotatable bonds is 7. The van der Waals surface area contributed by atoms with Gasteiger partial charge in [-0.05, 0) is 80.5 Å². The Morgan fingerprint density at radius 3 is 2.67 bits per heavy atom.